The molecule has 0 bridgehead atoms. The molecule has 0 spiro atoms. The average Bonchev–Trinajstić information content (AvgIpc) is 3.23. The lowest BCUT2D eigenvalue weighted by molar-refractivity contribution is -0.141. The van der Waals surface area contributed by atoms with E-state index < -0.39 is 17.6 Å². The third-order valence-corrected chi connectivity index (χ3v) is 6.35. The molecule has 0 amide bonds. The van der Waals surface area contributed by atoms with Crippen LogP contribution in [0.2, 0.25) is 5.02 Å². The highest BCUT2D eigenvalue weighted by Crippen LogP contribution is 2.35. The number of nitrogens with zero attached hydrogens (tertiary/aromatic N) is 5. The van der Waals surface area contributed by atoms with Crippen LogP contribution in [0.15, 0.2) is 89.1 Å². The Morgan fingerprint density at radius 1 is 1.00 bits per heavy atom. The number of rotatable bonds is 5. The third kappa shape index (κ3) is 4.78. The highest BCUT2D eigenvalue weighted by atomic mass is 35.5. The highest BCUT2D eigenvalue weighted by Gasteiger charge is 2.32. The zero-order valence-electron chi connectivity index (χ0n) is 19.8. The molecule has 0 saturated carbocycles. The Bertz CT molecular complexity index is 1710. The number of oxime groups is 1. The topological polar surface area (TPSA) is 84.8 Å². The summed E-state index contributed by atoms with van der Waals surface area (Å²) in [6.07, 6.45) is -1.86. The van der Waals surface area contributed by atoms with Crippen molar-refractivity contribution in [2.45, 2.75) is 19.6 Å². The summed E-state index contributed by atoms with van der Waals surface area (Å²) in [7, 11) is 0. The van der Waals surface area contributed by atoms with Crippen molar-refractivity contribution >= 4 is 23.0 Å². The molecule has 0 unspecified atom stereocenters. The molecule has 0 aliphatic heterocycles. The second kappa shape index (κ2) is 9.79. The van der Waals surface area contributed by atoms with Crippen molar-refractivity contribution in [3.05, 3.63) is 111 Å². The van der Waals surface area contributed by atoms with E-state index in [4.69, 9.17) is 16.8 Å². The number of alkyl halides is 3. The maximum atomic E-state index is 13.2. The highest BCUT2D eigenvalue weighted by molar-refractivity contribution is 6.30. The Hall–Kier alpha value is -4.44. The van der Waals surface area contributed by atoms with Gasteiger partial charge in [0.05, 0.1) is 12.3 Å². The van der Waals surface area contributed by atoms with Crippen molar-refractivity contribution in [2.24, 2.45) is 5.16 Å². The molecule has 7 nitrogen and oxygen atoms in total. The van der Waals surface area contributed by atoms with Crippen molar-refractivity contribution < 1.29 is 18.4 Å². The molecule has 0 radical (unpaired) electrons. The van der Waals surface area contributed by atoms with Crippen LogP contribution in [0, 0.1) is 0 Å². The van der Waals surface area contributed by atoms with Gasteiger partial charge in [-0.1, -0.05) is 59.2 Å². The Labute approximate surface area is 219 Å². The Kier molecular flexibility index (Phi) is 6.50. The van der Waals surface area contributed by atoms with Crippen LogP contribution in [0.25, 0.3) is 27.9 Å². The van der Waals surface area contributed by atoms with Gasteiger partial charge < -0.3 is 5.21 Å². The molecule has 0 atom stereocenters. The first-order chi connectivity index (χ1) is 18.2. The van der Waals surface area contributed by atoms with Crippen molar-refractivity contribution in [3.63, 3.8) is 0 Å². The fourth-order valence-electron chi connectivity index (χ4n) is 4.13. The van der Waals surface area contributed by atoms with Gasteiger partial charge in [0, 0.05) is 23.0 Å². The van der Waals surface area contributed by atoms with Gasteiger partial charge in [0.1, 0.15) is 5.69 Å². The fourth-order valence-corrected chi connectivity index (χ4v) is 4.26. The van der Waals surface area contributed by atoms with E-state index in [0.717, 1.165) is 29.0 Å². The average molecular weight is 538 g/mol. The first kappa shape index (κ1) is 25.2. The van der Waals surface area contributed by atoms with Gasteiger partial charge >= 0.3 is 11.9 Å². The number of halogens is 4. The molecule has 0 saturated heterocycles. The van der Waals surface area contributed by atoms with Gasteiger partial charge in [0.15, 0.2) is 5.65 Å². The van der Waals surface area contributed by atoms with Gasteiger partial charge in [-0.3, -0.25) is 4.98 Å². The summed E-state index contributed by atoms with van der Waals surface area (Å²) in [6.45, 7) is 1.61. The molecular formula is C27H19ClF3N5O2. The van der Waals surface area contributed by atoms with E-state index in [1.54, 1.807) is 43.5 Å². The van der Waals surface area contributed by atoms with Crippen molar-refractivity contribution in [3.8, 4) is 22.3 Å². The number of pyridine rings is 2. The molecule has 3 heterocycles. The first-order valence-electron chi connectivity index (χ1n) is 11.4. The van der Waals surface area contributed by atoms with Crippen molar-refractivity contribution in [1.29, 1.82) is 0 Å². The monoisotopic (exact) mass is 537 g/mol. The zero-order valence-corrected chi connectivity index (χ0v) is 20.6. The molecule has 0 fully saturated rings. The van der Waals surface area contributed by atoms with Crippen LogP contribution in [0.1, 0.15) is 23.7 Å². The van der Waals surface area contributed by atoms with Crippen LogP contribution in [-0.4, -0.2) is 30.1 Å². The largest absolute Gasteiger partial charge is 0.433 e. The number of fused-ring (bicyclic) bond motifs is 1. The fraction of sp³-hybridized carbons (Fsp3) is 0.111. The van der Waals surface area contributed by atoms with Gasteiger partial charge in [-0.2, -0.15) is 13.2 Å². The molecule has 38 heavy (non-hydrogen) atoms. The van der Waals surface area contributed by atoms with E-state index >= 15 is 0 Å². The van der Waals surface area contributed by atoms with Crippen LogP contribution < -0.4 is 5.69 Å². The Morgan fingerprint density at radius 3 is 2.29 bits per heavy atom. The number of hydrogen-bond acceptors (Lipinski definition) is 5. The summed E-state index contributed by atoms with van der Waals surface area (Å²) in [5, 5.41) is 17.5. The summed E-state index contributed by atoms with van der Waals surface area (Å²) in [5.41, 5.74) is 3.51. The third-order valence-electron chi connectivity index (χ3n) is 6.10. The normalized spacial score (nSPS) is 12.3. The Morgan fingerprint density at radius 2 is 1.68 bits per heavy atom. The lowest BCUT2D eigenvalue weighted by Crippen LogP contribution is -2.21. The van der Waals surface area contributed by atoms with E-state index in [1.807, 2.05) is 24.3 Å². The van der Waals surface area contributed by atoms with E-state index in [9.17, 15) is 18.0 Å². The first-order valence-corrected chi connectivity index (χ1v) is 11.7. The van der Waals surface area contributed by atoms with Crippen LogP contribution in [0.5, 0.6) is 0 Å². The van der Waals surface area contributed by atoms with E-state index in [0.29, 0.717) is 33.1 Å². The summed E-state index contributed by atoms with van der Waals surface area (Å²) in [5.74, 6) is 0. The van der Waals surface area contributed by atoms with Crippen LogP contribution in [0.4, 0.5) is 13.2 Å². The molecule has 5 aromatic rings. The number of aromatic nitrogens is 4. The number of hydrogen-bond donors (Lipinski definition) is 1. The second-order valence-electron chi connectivity index (χ2n) is 8.56. The van der Waals surface area contributed by atoms with Gasteiger partial charge in [-0.15, -0.1) is 5.10 Å². The minimum atomic E-state index is -4.55. The maximum Gasteiger partial charge on any atom is 0.433 e. The lowest BCUT2D eigenvalue weighted by Gasteiger charge is -2.12. The van der Waals surface area contributed by atoms with E-state index in [2.05, 4.69) is 15.2 Å². The quantitative estimate of drug-likeness (QED) is 0.166. The molecule has 1 N–H and O–H groups in total. The second-order valence-corrected chi connectivity index (χ2v) is 8.99. The SMILES string of the molecule is C/C(=N\O)c1ccc(-c2c(-c3ccc(Cl)cc3)ccn3c(=O)n(Cc4ccc(C(F)(F)F)nc4)nc23)cc1. The zero-order chi connectivity index (χ0) is 27.0. The Balaban J connectivity index is 1.66. The molecule has 0 aliphatic carbocycles. The van der Waals surface area contributed by atoms with Crippen LogP contribution in [-0.2, 0) is 12.7 Å². The van der Waals surface area contributed by atoms with Gasteiger partial charge in [-0.05, 0) is 59.0 Å². The van der Waals surface area contributed by atoms with Gasteiger partial charge in [0.2, 0.25) is 0 Å². The lowest BCUT2D eigenvalue weighted by atomic mass is 9.95. The minimum absolute atomic E-state index is 0.0630. The standard InChI is InChI=1S/C27H19ClF3N5O2/c1-16(34-38)18-3-5-20(6-4-18)24-22(19-7-9-21(28)10-8-19)12-13-35-25(24)33-36(26(35)37)15-17-2-11-23(32-14-17)27(29,30)31/h2-14,38H,15H2,1H3/b34-16+. The van der Waals surface area contributed by atoms with Gasteiger partial charge in [-0.25, -0.2) is 13.9 Å². The summed E-state index contributed by atoms with van der Waals surface area (Å²) in [4.78, 5) is 16.7. The maximum absolute atomic E-state index is 13.2. The van der Waals surface area contributed by atoms with Crippen molar-refractivity contribution in [2.75, 3.05) is 0 Å². The summed E-state index contributed by atoms with van der Waals surface area (Å²) < 4.78 is 41.2. The predicted molar refractivity (Wildman–Crippen MR) is 138 cm³/mol. The molecule has 192 valence electrons. The van der Waals surface area contributed by atoms with E-state index in [-0.39, 0.29) is 6.54 Å². The molecule has 3 aromatic heterocycles. The molecule has 0 aliphatic rings. The minimum Gasteiger partial charge on any atom is -0.411 e. The molecular weight excluding hydrogens is 519 g/mol. The van der Waals surface area contributed by atoms with Gasteiger partial charge in [0.25, 0.3) is 0 Å². The summed E-state index contributed by atoms with van der Waals surface area (Å²) >= 11 is 6.09. The smallest absolute Gasteiger partial charge is 0.411 e. The predicted octanol–water partition coefficient (Wildman–Crippen LogP) is 6.14. The van der Waals surface area contributed by atoms with Crippen molar-refractivity contribution in [1.82, 2.24) is 19.2 Å². The van der Waals surface area contributed by atoms with E-state index in [1.165, 1.54) is 15.1 Å². The molecule has 5 rings (SSSR count). The van der Waals surface area contributed by atoms with Crippen LogP contribution in [0.3, 0.4) is 0 Å². The molecule has 11 heteroatoms. The number of benzene rings is 2. The summed E-state index contributed by atoms with van der Waals surface area (Å²) in [6, 6.07) is 18.4. The molecule has 2 aromatic carbocycles. The van der Waals surface area contributed by atoms with Crippen LogP contribution >= 0.6 is 11.6 Å².